The average molecular weight is 512 g/mol. The number of aryl methyl sites for hydroxylation is 1. The van der Waals surface area contributed by atoms with Gasteiger partial charge in [0.05, 0.1) is 17.4 Å². The van der Waals surface area contributed by atoms with Crippen LogP contribution in [0, 0.1) is 6.92 Å². The number of benzene rings is 2. The molecule has 0 aliphatic carbocycles. The van der Waals surface area contributed by atoms with Gasteiger partial charge in [-0.1, -0.05) is 0 Å². The zero-order valence-electron chi connectivity index (χ0n) is 21.9. The van der Waals surface area contributed by atoms with Crippen LogP contribution in [-0.4, -0.2) is 63.4 Å². The molecule has 194 valence electrons. The van der Waals surface area contributed by atoms with Crippen LogP contribution in [0.15, 0.2) is 65.1 Å². The minimum absolute atomic E-state index is 0.238. The molecule has 1 aliphatic rings. The zero-order valence-corrected chi connectivity index (χ0v) is 21.9. The van der Waals surface area contributed by atoms with E-state index in [4.69, 9.17) is 9.47 Å². The molecule has 11 nitrogen and oxygen atoms in total. The zero-order chi connectivity index (χ0) is 26.7. The Bertz CT molecular complexity index is 1530. The highest BCUT2D eigenvalue weighted by molar-refractivity contribution is 5.97. The molecule has 0 saturated carbocycles. The quantitative estimate of drug-likeness (QED) is 0.259. The first-order valence-corrected chi connectivity index (χ1v) is 12.1. The van der Waals surface area contributed by atoms with Gasteiger partial charge >= 0.3 is 0 Å². The van der Waals surface area contributed by atoms with Crippen molar-refractivity contribution in [2.24, 2.45) is 9.98 Å². The third kappa shape index (κ3) is 5.94. The second-order valence-corrected chi connectivity index (χ2v) is 9.73. The lowest BCUT2D eigenvalue weighted by molar-refractivity contribution is 0.278. The van der Waals surface area contributed by atoms with Gasteiger partial charge in [0.1, 0.15) is 30.8 Å². The molecule has 11 heteroatoms. The Morgan fingerprint density at radius 3 is 2.53 bits per heavy atom. The smallest absolute Gasteiger partial charge is 0.289 e. The van der Waals surface area contributed by atoms with E-state index < -0.39 is 0 Å². The summed E-state index contributed by atoms with van der Waals surface area (Å²) in [6.45, 7) is 6.57. The summed E-state index contributed by atoms with van der Waals surface area (Å²) in [6.07, 6.45) is 4.64. The van der Waals surface area contributed by atoms with E-state index in [0.717, 1.165) is 27.8 Å². The maximum atomic E-state index is 6.00. The molecule has 0 saturated heterocycles. The molecule has 0 unspecified atom stereocenters. The first-order chi connectivity index (χ1) is 18.2. The topological polar surface area (TPSA) is 122 Å². The monoisotopic (exact) mass is 511 g/mol. The van der Waals surface area contributed by atoms with Gasteiger partial charge in [-0.2, -0.15) is 0 Å². The fraction of sp³-hybridized carbons (Fsp3) is 0.259. The van der Waals surface area contributed by atoms with E-state index in [2.05, 4.69) is 40.6 Å². The molecule has 0 radical (unpaired) electrons. The Labute approximate surface area is 220 Å². The Morgan fingerprint density at radius 1 is 0.974 bits per heavy atom. The standard InChI is InChI=1S/C27H29N9O2/c1-17-10-18(7-9-22(17)38-24-12-23(29-15-30-24)32-16-36(4)5)33-25-20-11-19(6-8-21(20)28-14-31-25)34-26-35-27(2,3)13-37-26/h6-12,14-16H,13H2,1-5H3,(H,34,35)(H,28,31,33)/b32-16-. The van der Waals surface area contributed by atoms with E-state index in [0.29, 0.717) is 35.9 Å². The van der Waals surface area contributed by atoms with Crippen molar-refractivity contribution in [2.45, 2.75) is 26.3 Å². The normalized spacial score (nSPS) is 14.3. The van der Waals surface area contributed by atoms with Crippen molar-refractivity contribution in [3.05, 3.63) is 60.7 Å². The minimum atomic E-state index is -0.238. The largest absolute Gasteiger partial charge is 0.462 e. The van der Waals surface area contributed by atoms with Crippen LogP contribution in [0.25, 0.3) is 10.9 Å². The summed E-state index contributed by atoms with van der Waals surface area (Å²) in [5.41, 5.74) is 3.20. The van der Waals surface area contributed by atoms with Crippen molar-refractivity contribution in [2.75, 3.05) is 31.3 Å². The minimum Gasteiger partial charge on any atom is -0.462 e. The average Bonchev–Trinajstić information content (AvgIpc) is 3.23. The number of hydrogen-bond donors (Lipinski definition) is 2. The number of nitrogens with one attached hydrogen (secondary N) is 2. The predicted octanol–water partition coefficient (Wildman–Crippen LogP) is 5.06. The number of fused-ring (bicyclic) bond motifs is 1. The summed E-state index contributed by atoms with van der Waals surface area (Å²) < 4.78 is 11.7. The highest BCUT2D eigenvalue weighted by Crippen LogP contribution is 2.31. The van der Waals surface area contributed by atoms with Crippen LogP contribution in [0.2, 0.25) is 0 Å². The number of anilines is 3. The van der Waals surface area contributed by atoms with Gasteiger partial charge in [-0.3, -0.25) is 0 Å². The lowest BCUT2D eigenvalue weighted by atomic mass is 10.1. The fourth-order valence-electron chi connectivity index (χ4n) is 3.73. The second-order valence-electron chi connectivity index (χ2n) is 9.73. The Balaban J connectivity index is 1.34. The summed E-state index contributed by atoms with van der Waals surface area (Å²) in [6, 6.07) is 13.8. The molecule has 4 aromatic rings. The first-order valence-electron chi connectivity index (χ1n) is 12.1. The predicted molar refractivity (Wildman–Crippen MR) is 149 cm³/mol. The van der Waals surface area contributed by atoms with E-state index >= 15 is 0 Å². The van der Waals surface area contributed by atoms with Gasteiger partial charge in [0.2, 0.25) is 5.88 Å². The van der Waals surface area contributed by atoms with Crippen molar-refractivity contribution >= 4 is 46.3 Å². The van der Waals surface area contributed by atoms with E-state index in [-0.39, 0.29) is 5.54 Å². The van der Waals surface area contributed by atoms with Crippen LogP contribution in [0.4, 0.5) is 23.0 Å². The highest BCUT2D eigenvalue weighted by atomic mass is 16.5. The molecule has 0 fully saturated rings. The van der Waals surface area contributed by atoms with Crippen LogP contribution in [0.5, 0.6) is 11.6 Å². The summed E-state index contributed by atoms with van der Waals surface area (Å²) >= 11 is 0. The van der Waals surface area contributed by atoms with E-state index in [1.54, 1.807) is 18.7 Å². The van der Waals surface area contributed by atoms with E-state index in [1.165, 1.54) is 6.33 Å². The Morgan fingerprint density at radius 2 is 1.76 bits per heavy atom. The van der Waals surface area contributed by atoms with Gasteiger partial charge < -0.3 is 25.0 Å². The van der Waals surface area contributed by atoms with Crippen LogP contribution >= 0.6 is 0 Å². The number of amidine groups is 1. The maximum absolute atomic E-state index is 6.00. The molecular weight excluding hydrogens is 482 g/mol. The summed E-state index contributed by atoms with van der Waals surface area (Å²) in [7, 11) is 3.78. The van der Waals surface area contributed by atoms with Gasteiger partial charge in [-0.05, 0) is 62.7 Å². The van der Waals surface area contributed by atoms with Crippen molar-refractivity contribution in [3.63, 3.8) is 0 Å². The number of ether oxygens (including phenoxy) is 2. The van der Waals surface area contributed by atoms with Gasteiger partial charge in [-0.15, -0.1) is 0 Å². The molecule has 1 aliphatic heterocycles. The van der Waals surface area contributed by atoms with Gasteiger partial charge in [0.25, 0.3) is 6.02 Å². The maximum Gasteiger partial charge on any atom is 0.289 e. The molecule has 0 amide bonds. The van der Waals surface area contributed by atoms with Crippen LogP contribution < -0.4 is 15.4 Å². The molecule has 5 rings (SSSR count). The van der Waals surface area contributed by atoms with Gasteiger partial charge in [0, 0.05) is 36.9 Å². The van der Waals surface area contributed by atoms with E-state index in [1.807, 2.05) is 76.2 Å². The Kier molecular flexibility index (Phi) is 6.73. The van der Waals surface area contributed by atoms with Crippen LogP contribution in [0.1, 0.15) is 19.4 Å². The molecule has 38 heavy (non-hydrogen) atoms. The van der Waals surface area contributed by atoms with Crippen molar-refractivity contribution in [1.29, 1.82) is 0 Å². The number of nitrogens with zero attached hydrogens (tertiary/aromatic N) is 7. The molecular formula is C27H29N9O2. The molecule has 2 aromatic heterocycles. The molecule has 2 N–H and O–H groups in total. The third-order valence-electron chi connectivity index (χ3n) is 5.55. The molecule has 0 spiro atoms. The van der Waals surface area contributed by atoms with Crippen LogP contribution in [0.3, 0.4) is 0 Å². The second kappa shape index (κ2) is 10.3. The molecule has 0 bridgehead atoms. The van der Waals surface area contributed by atoms with Crippen molar-refractivity contribution in [1.82, 2.24) is 24.8 Å². The van der Waals surface area contributed by atoms with E-state index in [9.17, 15) is 0 Å². The van der Waals surface area contributed by atoms with Gasteiger partial charge in [0.15, 0.2) is 5.82 Å². The SMILES string of the molecule is Cc1cc(Nc2ncnc3ccc(NC4=NC(C)(C)CO4)cc23)ccc1Oc1cc(/N=C\N(C)C)ncn1. The third-order valence-corrected chi connectivity index (χ3v) is 5.55. The number of aromatic nitrogens is 4. The highest BCUT2D eigenvalue weighted by Gasteiger charge is 2.26. The molecule has 2 aromatic carbocycles. The summed E-state index contributed by atoms with van der Waals surface area (Å²) in [5.74, 6) is 2.28. The Hall–Kier alpha value is -4.80. The number of hydrogen-bond acceptors (Lipinski definition) is 10. The summed E-state index contributed by atoms with van der Waals surface area (Å²) in [5, 5.41) is 7.51. The van der Waals surface area contributed by atoms with Crippen molar-refractivity contribution in [3.8, 4) is 11.6 Å². The van der Waals surface area contributed by atoms with Gasteiger partial charge in [-0.25, -0.2) is 29.9 Å². The van der Waals surface area contributed by atoms with Crippen molar-refractivity contribution < 1.29 is 9.47 Å². The lowest BCUT2D eigenvalue weighted by Crippen LogP contribution is -2.17. The fourth-order valence-corrected chi connectivity index (χ4v) is 3.73. The number of rotatable bonds is 7. The molecule has 0 atom stereocenters. The lowest BCUT2D eigenvalue weighted by Gasteiger charge is -2.13. The first kappa shape index (κ1) is 24.9. The molecule has 3 heterocycles. The number of aliphatic imine (C=N–C) groups is 2. The van der Waals surface area contributed by atoms with Crippen LogP contribution in [-0.2, 0) is 4.74 Å². The summed E-state index contributed by atoms with van der Waals surface area (Å²) in [4.78, 5) is 27.9.